The Balaban J connectivity index is 0. The Hall–Kier alpha value is -3.98. The van der Waals surface area contributed by atoms with E-state index in [4.69, 9.17) is 30.6 Å². The van der Waals surface area contributed by atoms with Gasteiger partial charge in [0.05, 0.1) is 0 Å². The van der Waals surface area contributed by atoms with Gasteiger partial charge in [-0.2, -0.15) is 0 Å². The van der Waals surface area contributed by atoms with Crippen molar-refractivity contribution in [3.8, 4) is 11.5 Å². The first-order chi connectivity index (χ1) is 13.4. The van der Waals surface area contributed by atoms with Crippen LogP contribution in [0.4, 0.5) is 0 Å². The number of isocyanates is 2. The maximum atomic E-state index is 8.63. The highest BCUT2D eigenvalue weighted by Gasteiger charge is 1.83. The van der Waals surface area contributed by atoms with Gasteiger partial charge in [-0.05, 0) is 49.2 Å². The molecule has 0 spiro atoms. The Morgan fingerprint density at radius 3 is 0.929 bits per heavy atom. The van der Waals surface area contributed by atoms with Gasteiger partial charge in [0.25, 0.3) is 0 Å². The molecule has 6 heteroatoms. The van der Waals surface area contributed by atoms with E-state index >= 15 is 0 Å². The van der Waals surface area contributed by atoms with Crippen molar-refractivity contribution in [2.45, 2.75) is 13.8 Å². The zero-order valence-electron chi connectivity index (χ0n) is 15.8. The van der Waals surface area contributed by atoms with Gasteiger partial charge in [-0.3, -0.25) is 0 Å². The van der Waals surface area contributed by atoms with Crippen LogP contribution in [0.3, 0.4) is 0 Å². The van der Waals surface area contributed by atoms with Crippen LogP contribution < -0.4 is 0 Å². The second kappa shape index (κ2) is 19.3. The molecule has 0 aliphatic rings. The average Bonchev–Trinajstić information content (AvgIpc) is 2.68. The smallest absolute Gasteiger partial charge is 0.231 e. The first kappa shape index (κ1) is 26.3. The number of phenolic OH excluding ortho intramolecular Hbond substituents is 2. The second-order valence-electron chi connectivity index (χ2n) is 4.96. The van der Waals surface area contributed by atoms with Crippen LogP contribution in [0.5, 0.6) is 11.5 Å². The van der Waals surface area contributed by atoms with Gasteiger partial charge in [0, 0.05) is 0 Å². The molecule has 0 bridgehead atoms. The lowest BCUT2D eigenvalue weighted by molar-refractivity contribution is 0.475. The highest BCUT2D eigenvalue weighted by molar-refractivity contribution is 5.26. The molecule has 0 saturated carbocycles. The lowest BCUT2D eigenvalue weighted by Crippen LogP contribution is -1.74. The Bertz CT molecular complexity index is 740. The predicted molar refractivity (Wildman–Crippen MR) is 109 cm³/mol. The van der Waals surface area contributed by atoms with Crippen molar-refractivity contribution in [1.29, 1.82) is 10.8 Å². The molecule has 0 aromatic heterocycles. The molecule has 3 aromatic rings. The van der Waals surface area contributed by atoms with Crippen molar-refractivity contribution in [3.63, 3.8) is 0 Å². The minimum absolute atomic E-state index is 0.322. The predicted octanol–water partition coefficient (Wildman–Crippen LogP) is 4.89. The SMILES string of the molecule is Cc1ccccc1C.N=C=O.N=C=O.Oc1ccccc1.Oc1ccccc1. The number of phenols is 2. The summed E-state index contributed by atoms with van der Waals surface area (Å²) in [6.07, 6.45) is 1.50. The van der Waals surface area contributed by atoms with Gasteiger partial charge in [-0.15, -0.1) is 0 Å². The van der Waals surface area contributed by atoms with Gasteiger partial charge in [-0.1, -0.05) is 60.7 Å². The zero-order valence-corrected chi connectivity index (χ0v) is 15.8. The van der Waals surface area contributed by atoms with Gasteiger partial charge in [0.1, 0.15) is 11.5 Å². The summed E-state index contributed by atoms with van der Waals surface area (Å²) >= 11 is 0. The fourth-order valence-electron chi connectivity index (χ4n) is 1.52. The molecule has 0 aliphatic heterocycles. The van der Waals surface area contributed by atoms with Gasteiger partial charge < -0.3 is 10.2 Å². The zero-order chi connectivity index (χ0) is 21.6. The number of benzene rings is 3. The monoisotopic (exact) mass is 380 g/mol. The van der Waals surface area contributed by atoms with Crippen LogP contribution in [-0.4, -0.2) is 22.4 Å². The number of rotatable bonds is 0. The topological polar surface area (TPSA) is 122 Å². The van der Waals surface area contributed by atoms with Gasteiger partial charge in [-0.25, -0.2) is 20.4 Å². The van der Waals surface area contributed by atoms with E-state index < -0.39 is 0 Å². The molecule has 146 valence electrons. The molecule has 0 amide bonds. The first-order valence-corrected chi connectivity index (χ1v) is 8.00. The maximum absolute atomic E-state index is 8.63. The molecule has 0 saturated heterocycles. The number of carbonyl (C=O) groups excluding carboxylic acids is 2. The van der Waals surface area contributed by atoms with Crippen LogP contribution in [-0.2, 0) is 9.59 Å². The molecule has 0 aliphatic carbocycles. The average molecular weight is 380 g/mol. The van der Waals surface area contributed by atoms with E-state index in [0.717, 1.165) is 12.2 Å². The van der Waals surface area contributed by atoms with Crippen LogP contribution >= 0.6 is 0 Å². The van der Waals surface area contributed by atoms with E-state index in [0.29, 0.717) is 11.5 Å². The summed E-state index contributed by atoms with van der Waals surface area (Å²) in [6, 6.07) is 25.8. The van der Waals surface area contributed by atoms with Crippen molar-refractivity contribution in [1.82, 2.24) is 0 Å². The summed E-state index contributed by atoms with van der Waals surface area (Å²) < 4.78 is 0. The second-order valence-corrected chi connectivity index (χ2v) is 4.96. The minimum atomic E-state index is 0.322. The summed E-state index contributed by atoms with van der Waals surface area (Å²) in [5, 5.41) is 28.1. The highest BCUT2D eigenvalue weighted by atomic mass is 16.3. The Morgan fingerprint density at radius 1 is 0.571 bits per heavy atom. The van der Waals surface area contributed by atoms with Crippen molar-refractivity contribution in [3.05, 3.63) is 96.1 Å². The van der Waals surface area contributed by atoms with Crippen LogP contribution in [0.1, 0.15) is 11.1 Å². The molecule has 4 N–H and O–H groups in total. The lowest BCUT2D eigenvalue weighted by atomic mass is 10.1. The number of aryl methyl sites for hydroxylation is 2. The first-order valence-electron chi connectivity index (χ1n) is 8.00. The van der Waals surface area contributed by atoms with E-state index in [1.807, 2.05) is 12.1 Å². The third-order valence-electron chi connectivity index (χ3n) is 2.94. The van der Waals surface area contributed by atoms with Gasteiger partial charge >= 0.3 is 0 Å². The molecule has 3 rings (SSSR count). The summed E-state index contributed by atoms with van der Waals surface area (Å²) in [5.74, 6) is 0.644. The highest BCUT2D eigenvalue weighted by Crippen LogP contribution is 2.04. The largest absolute Gasteiger partial charge is 0.508 e. The number of para-hydroxylation sites is 2. The number of nitrogens with one attached hydrogen (secondary N) is 2. The number of hydrogen-bond donors (Lipinski definition) is 4. The van der Waals surface area contributed by atoms with Crippen molar-refractivity contribution in [2.24, 2.45) is 0 Å². The standard InChI is InChI=1S/C8H10.2C6H6O.2CHNO/c1-7-5-3-4-6-8(7)2;2*7-6-4-2-1-3-5-6;2*2-1-3/h3-6H,1-2H3;2*1-5,7H;2*2H. The number of hydrogen-bond acceptors (Lipinski definition) is 6. The van der Waals surface area contributed by atoms with Gasteiger partial charge in [0.15, 0.2) is 0 Å². The molecule has 6 nitrogen and oxygen atoms in total. The van der Waals surface area contributed by atoms with Gasteiger partial charge in [0.2, 0.25) is 12.2 Å². The van der Waals surface area contributed by atoms with Crippen LogP contribution in [0.15, 0.2) is 84.9 Å². The van der Waals surface area contributed by atoms with E-state index in [-0.39, 0.29) is 0 Å². The molecule has 28 heavy (non-hydrogen) atoms. The van der Waals surface area contributed by atoms with Crippen LogP contribution in [0.2, 0.25) is 0 Å². The maximum Gasteiger partial charge on any atom is 0.231 e. The van der Waals surface area contributed by atoms with E-state index in [2.05, 4.69) is 38.1 Å². The van der Waals surface area contributed by atoms with E-state index in [9.17, 15) is 0 Å². The summed E-state index contributed by atoms with van der Waals surface area (Å²) in [7, 11) is 0. The molecule has 0 fully saturated rings. The summed E-state index contributed by atoms with van der Waals surface area (Å²) in [6.45, 7) is 4.24. The molecule has 0 radical (unpaired) electrons. The quantitative estimate of drug-likeness (QED) is 0.327. The molecule has 0 atom stereocenters. The molecule has 0 heterocycles. The lowest BCUT2D eigenvalue weighted by Gasteiger charge is -1.93. The fourth-order valence-corrected chi connectivity index (χ4v) is 1.52. The molecular weight excluding hydrogens is 356 g/mol. The third-order valence-corrected chi connectivity index (χ3v) is 2.94. The Morgan fingerprint density at radius 2 is 0.786 bits per heavy atom. The normalized spacial score (nSPS) is 7.50. The van der Waals surface area contributed by atoms with Crippen LogP contribution in [0, 0.1) is 24.7 Å². The molecule has 3 aromatic carbocycles. The molecular formula is C22H24N2O4. The minimum Gasteiger partial charge on any atom is -0.508 e. The van der Waals surface area contributed by atoms with E-state index in [1.54, 1.807) is 48.5 Å². The van der Waals surface area contributed by atoms with Crippen molar-refractivity contribution in [2.75, 3.05) is 0 Å². The Kier molecular flexibility index (Phi) is 18.1. The number of aromatic hydroxyl groups is 2. The van der Waals surface area contributed by atoms with E-state index in [1.165, 1.54) is 11.1 Å². The third kappa shape index (κ3) is 18.4. The Labute approximate surface area is 164 Å². The summed E-state index contributed by atoms with van der Waals surface area (Å²) in [5.41, 5.74) is 2.74. The fraction of sp³-hybridized carbons (Fsp3) is 0.0909. The van der Waals surface area contributed by atoms with Crippen LogP contribution in [0.25, 0.3) is 0 Å². The van der Waals surface area contributed by atoms with Crippen molar-refractivity contribution < 1.29 is 19.8 Å². The molecule has 0 unspecified atom stereocenters. The summed E-state index contributed by atoms with van der Waals surface area (Å²) in [4.78, 5) is 16.7. The van der Waals surface area contributed by atoms with Crippen molar-refractivity contribution >= 4 is 12.2 Å².